The Balaban J connectivity index is 1.56. The summed E-state index contributed by atoms with van der Waals surface area (Å²) >= 11 is 0. The maximum absolute atomic E-state index is 13.8. The molecule has 1 aliphatic rings. The van der Waals surface area contributed by atoms with Gasteiger partial charge >= 0.3 is 0 Å². The number of hydrogen-bond acceptors (Lipinski definition) is 5. The van der Waals surface area contributed by atoms with Crippen molar-refractivity contribution in [1.29, 1.82) is 0 Å². The van der Waals surface area contributed by atoms with E-state index in [-0.39, 0.29) is 36.5 Å². The number of halogens is 1. The molecular formula is C20H19FN2O5. The zero-order valence-electron chi connectivity index (χ0n) is 15.5. The highest BCUT2D eigenvalue weighted by atomic mass is 19.1. The maximum Gasteiger partial charge on any atom is 0.264 e. The molecule has 0 atom stereocenters. The lowest BCUT2D eigenvalue weighted by atomic mass is 10.1. The molecule has 146 valence electrons. The Bertz CT molecular complexity index is 944. The van der Waals surface area contributed by atoms with E-state index in [2.05, 4.69) is 5.32 Å². The molecular weight excluding hydrogens is 367 g/mol. The molecule has 0 fully saturated rings. The van der Waals surface area contributed by atoms with Gasteiger partial charge in [-0.2, -0.15) is 0 Å². The molecule has 0 bridgehead atoms. The number of nitrogens with zero attached hydrogens (tertiary/aromatic N) is 1. The van der Waals surface area contributed by atoms with Crippen LogP contribution in [0, 0.1) is 5.82 Å². The predicted molar refractivity (Wildman–Crippen MR) is 97.8 cm³/mol. The fraction of sp³-hybridized carbons (Fsp3) is 0.250. The van der Waals surface area contributed by atoms with Crippen molar-refractivity contribution in [3.63, 3.8) is 0 Å². The summed E-state index contributed by atoms with van der Waals surface area (Å²) in [5.41, 5.74) is 0.586. The van der Waals surface area contributed by atoms with Crippen molar-refractivity contribution in [2.75, 3.05) is 20.8 Å². The smallest absolute Gasteiger partial charge is 0.264 e. The van der Waals surface area contributed by atoms with E-state index in [4.69, 9.17) is 9.47 Å². The van der Waals surface area contributed by atoms with Gasteiger partial charge in [0.1, 0.15) is 5.82 Å². The zero-order chi connectivity index (χ0) is 20.3. The van der Waals surface area contributed by atoms with E-state index in [9.17, 15) is 18.8 Å². The van der Waals surface area contributed by atoms with Crippen LogP contribution >= 0.6 is 0 Å². The van der Waals surface area contributed by atoms with Crippen molar-refractivity contribution in [3.05, 3.63) is 58.9 Å². The normalized spacial score (nSPS) is 12.8. The van der Waals surface area contributed by atoms with Gasteiger partial charge in [0.15, 0.2) is 11.5 Å². The largest absolute Gasteiger partial charge is 0.493 e. The highest BCUT2D eigenvalue weighted by Gasteiger charge is 2.37. The van der Waals surface area contributed by atoms with Crippen molar-refractivity contribution >= 4 is 17.7 Å². The average Bonchev–Trinajstić information content (AvgIpc) is 2.95. The molecule has 1 N–H and O–H groups in total. The maximum atomic E-state index is 13.8. The minimum Gasteiger partial charge on any atom is -0.493 e. The van der Waals surface area contributed by atoms with Crippen molar-refractivity contribution in [2.45, 2.75) is 13.0 Å². The molecule has 7 nitrogen and oxygen atoms in total. The number of hydrogen-bond donors (Lipinski definition) is 1. The van der Waals surface area contributed by atoms with Gasteiger partial charge in [-0.05, 0) is 29.8 Å². The average molecular weight is 386 g/mol. The molecule has 0 aliphatic carbocycles. The van der Waals surface area contributed by atoms with E-state index in [0.29, 0.717) is 11.5 Å². The number of methoxy groups -OCH3 is 2. The second-order valence-corrected chi connectivity index (χ2v) is 6.14. The number of carbonyl (C=O) groups is 3. The molecule has 1 heterocycles. The molecule has 2 aromatic rings. The fourth-order valence-corrected chi connectivity index (χ4v) is 2.99. The molecule has 2 aromatic carbocycles. The molecule has 0 spiro atoms. The molecule has 8 heteroatoms. The van der Waals surface area contributed by atoms with Gasteiger partial charge in [0.2, 0.25) is 5.91 Å². The first-order valence-corrected chi connectivity index (χ1v) is 8.58. The van der Waals surface area contributed by atoms with Crippen LogP contribution in [0.2, 0.25) is 0 Å². The molecule has 0 saturated carbocycles. The first-order valence-electron chi connectivity index (χ1n) is 8.58. The number of imide groups is 1. The van der Waals surface area contributed by atoms with Crippen molar-refractivity contribution in [3.8, 4) is 11.5 Å². The van der Waals surface area contributed by atoms with Gasteiger partial charge in [0, 0.05) is 19.5 Å². The second-order valence-electron chi connectivity index (χ2n) is 6.14. The van der Waals surface area contributed by atoms with Gasteiger partial charge in [-0.1, -0.05) is 12.1 Å². The van der Waals surface area contributed by atoms with Crippen molar-refractivity contribution < 1.29 is 28.2 Å². The molecule has 0 aromatic heterocycles. The predicted octanol–water partition coefficient (Wildman–Crippen LogP) is 2.15. The van der Waals surface area contributed by atoms with Crippen LogP contribution in [0.1, 0.15) is 32.7 Å². The van der Waals surface area contributed by atoms with E-state index >= 15 is 0 Å². The molecule has 1 aliphatic heterocycles. The van der Waals surface area contributed by atoms with Crippen LogP contribution in [-0.4, -0.2) is 43.4 Å². The van der Waals surface area contributed by atoms with Gasteiger partial charge in [0.25, 0.3) is 11.8 Å². The number of fused-ring (bicyclic) bond motifs is 1. The first-order chi connectivity index (χ1) is 13.5. The van der Waals surface area contributed by atoms with Crippen LogP contribution < -0.4 is 14.8 Å². The van der Waals surface area contributed by atoms with Gasteiger partial charge in [-0.25, -0.2) is 4.39 Å². The Morgan fingerprint density at radius 2 is 1.82 bits per heavy atom. The molecule has 0 radical (unpaired) electrons. The van der Waals surface area contributed by atoms with E-state index in [1.807, 2.05) is 0 Å². The Morgan fingerprint density at radius 3 is 2.50 bits per heavy atom. The third kappa shape index (κ3) is 3.66. The van der Waals surface area contributed by atoms with Crippen LogP contribution in [0.15, 0.2) is 36.4 Å². The summed E-state index contributed by atoms with van der Waals surface area (Å²) in [5, 5.41) is 2.72. The lowest BCUT2D eigenvalue weighted by Crippen LogP contribution is -2.34. The summed E-state index contributed by atoms with van der Waals surface area (Å²) in [6.45, 7) is 0.124. The number of benzene rings is 2. The Kier molecular flexibility index (Phi) is 5.58. The number of nitrogens with one attached hydrogen (secondary N) is 1. The molecule has 0 unspecified atom stereocenters. The SMILES string of the molecule is COc1ccc(CNC(=O)CCN2C(=O)c3cccc(F)c3C2=O)cc1OC. The molecule has 3 rings (SSSR count). The second kappa shape index (κ2) is 8.08. The van der Waals surface area contributed by atoms with Crippen molar-refractivity contribution in [2.24, 2.45) is 0 Å². The standard InChI is InChI=1S/C20H19FN2O5/c1-27-15-7-6-12(10-16(15)28-2)11-22-17(24)8-9-23-19(25)13-4-3-5-14(21)18(13)20(23)26/h3-7,10H,8-9,11H2,1-2H3,(H,22,24). The highest BCUT2D eigenvalue weighted by molar-refractivity contribution is 6.21. The lowest BCUT2D eigenvalue weighted by Gasteiger charge is -2.14. The topological polar surface area (TPSA) is 84.9 Å². The highest BCUT2D eigenvalue weighted by Crippen LogP contribution is 2.27. The summed E-state index contributed by atoms with van der Waals surface area (Å²) in [6, 6.07) is 9.16. The number of carbonyl (C=O) groups excluding carboxylic acids is 3. The lowest BCUT2D eigenvalue weighted by molar-refractivity contribution is -0.121. The summed E-state index contributed by atoms with van der Waals surface area (Å²) in [6.07, 6.45) is -0.0830. The van der Waals surface area contributed by atoms with E-state index < -0.39 is 17.6 Å². The number of ether oxygens (including phenoxy) is 2. The third-order valence-corrected chi connectivity index (χ3v) is 4.45. The van der Waals surface area contributed by atoms with Crippen LogP contribution in [0.5, 0.6) is 11.5 Å². The fourth-order valence-electron chi connectivity index (χ4n) is 2.99. The summed E-state index contributed by atoms with van der Waals surface area (Å²) in [5.74, 6) is -1.27. The Labute approximate surface area is 161 Å². The van der Waals surface area contributed by atoms with Gasteiger partial charge < -0.3 is 14.8 Å². The van der Waals surface area contributed by atoms with Gasteiger partial charge in [0.05, 0.1) is 25.3 Å². The van der Waals surface area contributed by atoms with Gasteiger partial charge in [-0.15, -0.1) is 0 Å². The summed E-state index contributed by atoms with van der Waals surface area (Å²) < 4.78 is 24.2. The Morgan fingerprint density at radius 1 is 1.07 bits per heavy atom. The van der Waals surface area contributed by atoms with E-state index in [1.54, 1.807) is 18.2 Å². The monoisotopic (exact) mass is 386 g/mol. The van der Waals surface area contributed by atoms with Crippen LogP contribution in [0.3, 0.4) is 0 Å². The number of rotatable bonds is 7. The quantitative estimate of drug-likeness (QED) is 0.737. The third-order valence-electron chi connectivity index (χ3n) is 4.45. The molecule has 28 heavy (non-hydrogen) atoms. The van der Waals surface area contributed by atoms with E-state index in [1.165, 1.54) is 26.4 Å². The minimum atomic E-state index is -0.740. The number of amides is 3. The van der Waals surface area contributed by atoms with Crippen LogP contribution in [0.4, 0.5) is 4.39 Å². The summed E-state index contributed by atoms with van der Waals surface area (Å²) in [7, 11) is 3.05. The summed E-state index contributed by atoms with van der Waals surface area (Å²) in [4.78, 5) is 37.5. The van der Waals surface area contributed by atoms with Crippen molar-refractivity contribution in [1.82, 2.24) is 10.2 Å². The molecule has 0 saturated heterocycles. The zero-order valence-corrected chi connectivity index (χ0v) is 15.5. The first kappa shape index (κ1) is 19.3. The Hall–Kier alpha value is -3.42. The minimum absolute atomic E-state index is 0.0238. The van der Waals surface area contributed by atoms with E-state index in [0.717, 1.165) is 16.5 Å². The van der Waals surface area contributed by atoms with Crippen LogP contribution in [-0.2, 0) is 11.3 Å². The van der Waals surface area contributed by atoms with Crippen LogP contribution in [0.25, 0.3) is 0 Å². The molecule has 3 amide bonds. The van der Waals surface area contributed by atoms with Gasteiger partial charge in [-0.3, -0.25) is 19.3 Å².